The Labute approximate surface area is 172 Å². The predicted octanol–water partition coefficient (Wildman–Crippen LogP) is 2.68. The van der Waals surface area contributed by atoms with E-state index in [1.165, 1.54) is 6.07 Å². The number of rotatable bonds is 3. The Kier molecular flexibility index (Phi) is 4.31. The molecule has 0 N–H and O–H groups in total. The van der Waals surface area contributed by atoms with Crippen molar-refractivity contribution in [3.05, 3.63) is 82.2 Å². The SMILES string of the molecule is O=C(c1cc(=O)c2ccccc2o1)N1CCN2C(=O)OCC2(Cc2ccccc2)C1. The van der Waals surface area contributed by atoms with E-state index in [-0.39, 0.29) is 29.8 Å². The molecule has 2 aromatic carbocycles. The van der Waals surface area contributed by atoms with Gasteiger partial charge in [0.1, 0.15) is 17.7 Å². The van der Waals surface area contributed by atoms with Crippen molar-refractivity contribution >= 4 is 23.0 Å². The van der Waals surface area contributed by atoms with Crippen molar-refractivity contribution in [2.45, 2.75) is 12.0 Å². The van der Waals surface area contributed by atoms with Gasteiger partial charge in [-0.15, -0.1) is 0 Å². The highest BCUT2D eigenvalue weighted by Crippen LogP contribution is 2.33. The van der Waals surface area contributed by atoms with Gasteiger partial charge < -0.3 is 14.1 Å². The molecule has 0 saturated carbocycles. The van der Waals surface area contributed by atoms with Crippen molar-refractivity contribution in [1.29, 1.82) is 0 Å². The highest BCUT2D eigenvalue weighted by atomic mass is 16.6. The van der Waals surface area contributed by atoms with E-state index in [0.29, 0.717) is 37.0 Å². The maximum atomic E-state index is 13.2. The summed E-state index contributed by atoms with van der Waals surface area (Å²) < 4.78 is 11.1. The normalized spacial score (nSPS) is 20.9. The topological polar surface area (TPSA) is 80.1 Å². The molecular formula is C23H20N2O5. The lowest BCUT2D eigenvalue weighted by atomic mass is 9.88. The van der Waals surface area contributed by atoms with E-state index in [1.807, 2.05) is 30.3 Å². The summed E-state index contributed by atoms with van der Waals surface area (Å²) in [6.07, 6.45) is 0.223. The zero-order valence-electron chi connectivity index (χ0n) is 16.2. The summed E-state index contributed by atoms with van der Waals surface area (Å²) in [5.41, 5.74) is 0.554. The largest absolute Gasteiger partial charge is 0.451 e. The maximum absolute atomic E-state index is 13.2. The number of carbonyl (C=O) groups excluding carboxylic acids is 2. The van der Waals surface area contributed by atoms with E-state index in [4.69, 9.17) is 9.15 Å². The minimum atomic E-state index is -0.635. The van der Waals surface area contributed by atoms with Crippen LogP contribution >= 0.6 is 0 Å². The summed E-state index contributed by atoms with van der Waals surface area (Å²) in [4.78, 5) is 41.3. The summed E-state index contributed by atoms with van der Waals surface area (Å²) in [5, 5.41) is 0.439. The first-order valence-corrected chi connectivity index (χ1v) is 9.86. The Morgan fingerprint density at radius 3 is 2.60 bits per heavy atom. The number of ether oxygens (including phenoxy) is 1. The number of benzene rings is 2. The van der Waals surface area contributed by atoms with Crippen LogP contribution in [0.5, 0.6) is 0 Å². The van der Waals surface area contributed by atoms with Gasteiger partial charge in [-0.1, -0.05) is 42.5 Å². The zero-order valence-corrected chi connectivity index (χ0v) is 16.2. The molecule has 0 bridgehead atoms. The Balaban J connectivity index is 1.46. The van der Waals surface area contributed by atoms with Gasteiger partial charge >= 0.3 is 6.09 Å². The van der Waals surface area contributed by atoms with E-state index in [0.717, 1.165) is 5.56 Å². The summed E-state index contributed by atoms with van der Waals surface area (Å²) in [6, 6.07) is 17.9. The van der Waals surface area contributed by atoms with Crippen LogP contribution in [0, 0.1) is 0 Å². The first kappa shape index (κ1) is 18.4. The third-order valence-electron chi connectivity index (χ3n) is 5.84. The number of para-hydroxylation sites is 1. The van der Waals surface area contributed by atoms with Gasteiger partial charge in [0.25, 0.3) is 5.91 Å². The molecule has 5 rings (SSSR count). The molecule has 3 aromatic rings. The third kappa shape index (κ3) is 3.03. The third-order valence-corrected chi connectivity index (χ3v) is 5.84. The highest BCUT2D eigenvalue weighted by molar-refractivity contribution is 5.93. The molecule has 3 heterocycles. The molecule has 152 valence electrons. The number of piperazine rings is 1. The average Bonchev–Trinajstić information content (AvgIpc) is 3.09. The molecule has 0 radical (unpaired) electrons. The number of cyclic esters (lactones) is 1. The number of nitrogens with zero attached hydrogens (tertiary/aromatic N) is 2. The lowest BCUT2D eigenvalue weighted by Gasteiger charge is -2.44. The van der Waals surface area contributed by atoms with Crippen LogP contribution in [0.3, 0.4) is 0 Å². The van der Waals surface area contributed by atoms with Crippen molar-refractivity contribution in [3.8, 4) is 0 Å². The minimum Gasteiger partial charge on any atom is -0.451 e. The molecule has 2 fully saturated rings. The lowest BCUT2D eigenvalue weighted by Crippen LogP contribution is -2.63. The molecular weight excluding hydrogens is 384 g/mol. The smallest absolute Gasteiger partial charge is 0.410 e. The zero-order chi connectivity index (χ0) is 20.7. The van der Waals surface area contributed by atoms with Crippen molar-refractivity contribution in [2.24, 2.45) is 0 Å². The molecule has 1 aromatic heterocycles. The van der Waals surface area contributed by atoms with Gasteiger partial charge in [-0.3, -0.25) is 14.5 Å². The number of carbonyl (C=O) groups is 2. The highest BCUT2D eigenvalue weighted by Gasteiger charge is 2.51. The van der Waals surface area contributed by atoms with Crippen LogP contribution in [-0.2, 0) is 11.2 Å². The first-order valence-electron chi connectivity index (χ1n) is 9.86. The fourth-order valence-corrected chi connectivity index (χ4v) is 4.38. The molecule has 1 atom stereocenters. The Morgan fingerprint density at radius 1 is 1.00 bits per heavy atom. The maximum Gasteiger partial charge on any atom is 0.410 e. The molecule has 0 aliphatic carbocycles. The van der Waals surface area contributed by atoms with Crippen molar-refractivity contribution < 1.29 is 18.7 Å². The fourth-order valence-electron chi connectivity index (χ4n) is 4.38. The van der Waals surface area contributed by atoms with E-state index >= 15 is 0 Å². The Bertz CT molecular complexity index is 1190. The monoisotopic (exact) mass is 404 g/mol. The molecule has 2 amide bonds. The van der Waals surface area contributed by atoms with Crippen LogP contribution in [0.2, 0.25) is 0 Å². The van der Waals surface area contributed by atoms with Crippen molar-refractivity contribution in [1.82, 2.24) is 9.80 Å². The second-order valence-electron chi connectivity index (χ2n) is 7.79. The Hall–Kier alpha value is -3.61. The van der Waals surface area contributed by atoms with E-state index in [9.17, 15) is 14.4 Å². The molecule has 2 aliphatic rings. The predicted molar refractivity (Wildman–Crippen MR) is 109 cm³/mol. The second kappa shape index (κ2) is 7.02. The summed E-state index contributed by atoms with van der Waals surface area (Å²) in [5.74, 6) is -0.350. The van der Waals surface area contributed by atoms with Crippen LogP contribution in [0.4, 0.5) is 4.79 Å². The van der Waals surface area contributed by atoms with Gasteiger partial charge in [-0.05, 0) is 17.7 Å². The van der Waals surface area contributed by atoms with E-state index < -0.39 is 5.54 Å². The van der Waals surface area contributed by atoms with Gasteiger partial charge in [0.15, 0.2) is 11.2 Å². The van der Waals surface area contributed by atoms with Crippen molar-refractivity contribution in [3.63, 3.8) is 0 Å². The fraction of sp³-hybridized carbons (Fsp3) is 0.261. The molecule has 7 nitrogen and oxygen atoms in total. The van der Waals surface area contributed by atoms with Crippen LogP contribution in [0.1, 0.15) is 16.1 Å². The quantitative estimate of drug-likeness (QED) is 0.671. The number of hydrogen-bond acceptors (Lipinski definition) is 5. The lowest BCUT2D eigenvalue weighted by molar-refractivity contribution is 0.0352. The van der Waals surface area contributed by atoms with E-state index in [1.54, 1.807) is 34.1 Å². The second-order valence-corrected chi connectivity index (χ2v) is 7.79. The van der Waals surface area contributed by atoms with Crippen LogP contribution < -0.4 is 5.43 Å². The molecule has 30 heavy (non-hydrogen) atoms. The first-order chi connectivity index (χ1) is 14.6. The molecule has 2 saturated heterocycles. The van der Waals surface area contributed by atoms with Crippen LogP contribution in [0.15, 0.2) is 69.9 Å². The molecule has 2 aliphatic heterocycles. The Morgan fingerprint density at radius 2 is 1.77 bits per heavy atom. The van der Waals surface area contributed by atoms with Crippen LogP contribution in [0.25, 0.3) is 11.0 Å². The molecule has 0 spiro atoms. The number of fused-ring (bicyclic) bond motifs is 2. The van der Waals surface area contributed by atoms with Gasteiger partial charge in [-0.2, -0.15) is 0 Å². The van der Waals surface area contributed by atoms with E-state index in [2.05, 4.69) is 0 Å². The average molecular weight is 404 g/mol. The molecule has 7 heteroatoms. The summed E-state index contributed by atoms with van der Waals surface area (Å²) in [6.45, 7) is 1.24. The van der Waals surface area contributed by atoms with Gasteiger partial charge in [-0.25, -0.2) is 4.79 Å². The number of hydrogen-bond donors (Lipinski definition) is 0. The van der Waals surface area contributed by atoms with Gasteiger partial charge in [0, 0.05) is 32.1 Å². The molecule has 1 unspecified atom stereocenters. The van der Waals surface area contributed by atoms with Gasteiger partial charge in [0.2, 0.25) is 0 Å². The van der Waals surface area contributed by atoms with Crippen LogP contribution in [-0.4, -0.2) is 53.6 Å². The summed E-state index contributed by atoms with van der Waals surface area (Å²) >= 11 is 0. The number of amides is 2. The summed E-state index contributed by atoms with van der Waals surface area (Å²) in [7, 11) is 0. The minimum absolute atomic E-state index is 0.00672. The standard InChI is InChI=1S/C23H20N2O5/c26-18-12-20(30-19-9-5-4-8-17(18)19)21(27)24-10-11-25-22(28)29-15-23(25,14-24)13-16-6-2-1-3-7-16/h1-9,12H,10-11,13-15H2. The van der Waals surface area contributed by atoms with Gasteiger partial charge in [0.05, 0.1) is 5.39 Å². The van der Waals surface area contributed by atoms with Crippen molar-refractivity contribution in [2.75, 3.05) is 26.2 Å².